The van der Waals surface area contributed by atoms with Crippen molar-refractivity contribution in [1.29, 1.82) is 0 Å². The molecule has 2 unspecified atom stereocenters. The Morgan fingerprint density at radius 2 is 1.03 bits per heavy atom. The van der Waals surface area contributed by atoms with Crippen molar-refractivity contribution in [3.8, 4) is 11.1 Å². The first kappa shape index (κ1) is 25.0. The molecule has 0 N–H and O–H groups in total. The monoisotopic (exact) mass is 450 g/mol. The third kappa shape index (κ3) is 5.48. The number of esters is 2. The molecule has 2 atom stereocenters. The molecule has 1 aliphatic rings. The highest BCUT2D eigenvalue weighted by Gasteiger charge is 2.47. The molecule has 0 saturated carbocycles. The normalized spacial score (nSPS) is 16.4. The van der Waals surface area contributed by atoms with E-state index in [1.54, 1.807) is 0 Å². The second-order valence-corrected chi connectivity index (χ2v) is 11.5. The van der Waals surface area contributed by atoms with Crippen LogP contribution in [0.3, 0.4) is 0 Å². The fourth-order valence-electron chi connectivity index (χ4n) is 4.96. The van der Waals surface area contributed by atoms with Gasteiger partial charge in [-0.25, -0.2) is 0 Å². The van der Waals surface area contributed by atoms with E-state index in [4.69, 9.17) is 9.47 Å². The van der Waals surface area contributed by atoms with Gasteiger partial charge in [0.2, 0.25) is 0 Å². The molecule has 0 bridgehead atoms. The molecule has 0 aromatic heterocycles. The van der Waals surface area contributed by atoms with E-state index in [0.29, 0.717) is 12.8 Å². The lowest BCUT2D eigenvalue weighted by Crippen LogP contribution is -2.37. The van der Waals surface area contributed by atoms with Crippen molar-refractivity contribution >= 4 is 11.9 Å². The summed E-state index contributed by atoms with van der Waals surface area (Å²) in [7, 11) is 0. The van der Waals surface area contributed by atoms with Gasteiger partial charge in [-0.1, -0.05) is 62.4 Å². The van der Waals surface area contributed by atoms with Crippen molar-refractivity contribution in [2.75, 3.05) is 0 Å². The average molecular weight is 451 g/mol. The van der Waals surface area contributed by atoms with Crippen LogP contribution in [0.15, 0.2) is 48.5 Å². The van der Waals surface area contributed by atoms with Crippen molar-refractivity contribution in [2.24, 2.45) is 11.8 Å². The fraction of sp³-hybridized carbons (Fsp3) is 0.517. The van der Waals surface area contributed by atoms with Gasteiger partial charge in [0, 0.05) is 5.41 Å². The van der Waals surface area contributed by atoms with Gasteiger partial charge in [-0.15, -0.1) is 0 Å². The Kier molecular flexibility index (Phi) is 6.79. The Labute approximate surface area is 198 Å². The van der Waals surface area contributed by atoms with Gasteiger partial charge in [-0.05, 0) is 76.6 Å². The lowest BCUT2D eigenvalue weighted by Gasteiger charge is -2.37. The van der Waals surface area contributed by atoms with Gasteiger partial charge in [0.25, 0.3) is 0 Å². The zero-order valence-corrected chi connectivity index (χ0v) is 21.3. The van der Waals surface area contributed by atoms with Gasteiger partial charge >= 0.3 is 11.9 Å². The predicted molar refractivity (Wildman–Crippen MR) is 132 cm³/mol. The number of hydrogen-bond acceptors (Lipinski definition) is 4. The van der Waals surface area contributed by atoms with Crippen LogP contribution in [0.1, 0.15) is 79.4 Å². The molecule has 0 amide bonds. The standard InChI is InChI=1S/C29H38O4/c1-19(25(30)32-27(3,4)5)17-29(18-20(2)26(31)33-28(6,7)8)23-15-11-9-13-21(23)22-14-10-12-16-24(22)29/h9-16,19-20H,17-18H2,1-8H3. The summed E-state index contributed by atoms with van der Waals surface area (Å²) in [6, 6.07) is 16.7. The van der Waals surface area contributed by atoms with Crippen molar-refractivity contribution in [3.05, 3.63) is 59.7 Å². The Morgan fingerprint density at radius 1 is 0.697 bits per heavy atom. The summed E-state index contributed by atoms with van der Waals surface area (Å²) in [6.07, 6.45) is 1.12. The molecular weight excluding hydrogens is 412 g/mol. The first-order valence-corrected chi connectivity index (χ1v) is 11.9. The maximum atomic E-state index is 13.0. The summed E-state index contributed by atoms with van der Waals surface area (Å²) in [6.45, 7) is 15.2. The Hall–Kier alpha value is -2.62. The van der Waals surface area contributed by atoms with E-state index in [9.17, 15) is 9.59 Å². The predicted octanol–water partition coefficient (Wildman–Crippen LogP) is 6.69. The van der Waals surface area contributed by atoms with Crippen LogP contribution in [0.5, 0.6) is 0 Å². The minimum atomic E-state index is -0.548. The number of rotatable bonds is 6. The molecule has 1 aliphatic carbocycles. The lowest BCUT2D eigenvalue weighted by molar-refractivity contribution is -0.160. The van der Waals surface area contributed by atoms with Crippen LogP contribution in [-0.2, 0) is 24.5 Å². The van der Waals surface area contributed by atoms with Crippen molar-refractivity contribution in [1.82, 2.24) is 0 Å². The summed E-state index contributed by atoms with van der Waals surface area (Å²) in [5.41, 5.74) is 3.08. The molecular formula is C29H38O4. The van der Waals surface area contributed by atoms with E-state index in [1.165, 1.54) is 11.1 Å². The number of benzene rings is 2. The molecule has 0 saturated heterocycles. The third-order valence-corrected chi connectivity index (χ3v) is 6.10. The SMILES string of the molecule is CC(CC1(CC(C)C(=O)OC(C)(C)C)c2ccccc2-c2ccccc21)C(=O)OC(C)(C)C. The Balaban J connectivity index is 2.07. The first-order valence-electron chi connectivity index (χ1n) is 11.9. The van der Waals surface area contributed by atoms with Gasteiger partial charge in [-0.3, -0.25) is 9.59 Å². The first-order chi connectivity index (χ1) is 15.2. The third-order valence-electron chi connectivity index (χ3n) is 6.10. The Bertz CT molecular complexity index is 939. The maximum Gasteiger partial charge on any atom is 0.309 e. The molecule has 2 aromatic rings. The smallest absolute Gasteiger partial charge is 0.309 e. The molecule has 4 heteroatoms. The van der Waals surface area contributed by atoms with Crippen molar-refractivity contribution < 1.29 is 19.1 Å². The number of ether oxygens (including phenoxy) is 2. The van der Waals surface area contributed by atoms with Gasteiger partial charge in [0.05, 0.1) is 11.8 Å². The second kappa shape index (κ2) is 8.96. The van der Waals surface area contributed by atoms with E-state index < -0.39 is 16.6 Å². The van der Waals surface area contributed by atoms with Crippen LogP contribution < -0.4 is 0 Å². The van der Waals surface area contributed by atoms with Gasteiger partial charge in [0.15, 0.2) is 0 Å². The van der Waals surface area contributed by atoms with Gasteiger partial charge < -0.3 is 9.47 Å². The lowest BCUT2D eigenvalue weighted by atomic mass is 9.67. The van der Waals surface area contributed by atoms with Crippen LogP contribution in [-0.4, -0.2) is 23.1 Å². The summed E-state index contributed by atoms with van der Waals surface area (Å²) >= 11 is 0. The summed E-state index contributed by atoms with van der Waals surface area (Å²) < 4.78 is 11.4. The molecule has 178 valence electrons. The number of hydrogen-bond donors (Lipinski definition) is 0. The summed E-state index contributed by atoms with van der Waals surface area (Å²) in [5, 5.41) is 0. The van der Waals surface area contributed by atoms with Crippen LogP contribution in [0.4, 0.5) is 0 Å². The highest BCUT2D eigenvalue weighted by molar-refractivity contribution is 5.83. The highest BCUT2D eigenvalue weighted by Crippen LogP contribution is 2.55. The van der Waals surface area contributed by atoms with Crippen LogP contribution in [0.25, 0.3) is 11.1 Å². The molecule has 4 nitrogen and oxygen atoms in total. The molecule has 0 radical (unpaired) electrons. The fourth-order valence-corrected chi connectivity index (χ4v) is 4.96. The summed E-state index contributed by atoms with van der Waals surface area (Å²) in [4.78, 5) is 26.0. The largest absolute Gasteiger partial charge is 0.460 e. The van der Waals surface area contributed by atoms with Crippen molar-refractivity contribution in [2.45, 2.75) is 84.8 Å². The van der Waals surface area contributed by atoms with Crippen LogP contribution >= 0.6 is 0 Å². The van der Waals surface area contributed by atoms with Crippen LogP contribution in [0, 0.1) is 11.8 Å². The highest BCUT2D eigenvalue weighted by atomic mass is 16.6. The van der Waals surface area contributed by atoms with E-state index in [2.05, 4.69) is 24.3 Å². The van der Waals surface area contributed by atoms with E-state index in [1.807, 2.05) is 79.7 Å². The molecule has 0 spiro atoms. The average Bonchev–Trinajstić information content (AvgIpc) is 2.96. The van der Waals surface area contributed by atoms with E-state index in [0.717, 1.165) is 11.1 Å². The topological polar surface area (TPSA) is 52.6 Å². The second-order valence-electron chi connectivity index (χ2n) is 11.5. The van der Waals surface area contributed by atoms with E-state index in [-0.39, 0.29) is 23.8 Å². The Morgan fingerprint density at radius 3 is 1.36 bits per heavy atom. The zero-order valence-electron chi connectivity index (χ0n) is 21.3. The summed E-state index contributed by atoms with van der Waals surface area (Å²) in [5.74, 6) is -1.11. The number of fused-ring (bicyclic) bond motifs is 3. The molecule has 2 aromatic carbocycles. The van der Waals surface area contributed by atoms with Gasteiger partial charge in [-0.2, -0.15) is 0 Å². The van der Waals surface area contributed by atoms with Crippen molar-refractivity contribution in [3.63, 3.8) is 0 Å². The minimum Gasteiger partial charge on any atom is -0.460 e. The maximum absolute atomic E-state index is 13.0. The van der Waals surface area contributed by atoms with Gasteiger partial charge in [0.1, 0.15) is 11.2 Å². The molecule has 33 heavy (non-hydrogen) atoms. The molecule has 0 aliphatic heterocycles. The van der Waals surface area contributed by atoms with E-state index >= 15 is 0 Å². The number of carbonyl (C=O) groups excluding carboxylic acids is 2. The minimum absolute atomic E-state index is 0.214. The quantitative estimate of drug-likeness (QED) is 0.460. The zero-order chi connectivity index (χ0) is 24.6. The molecule has 3 rings (SSSR count). The molecule has 0 fully saturated rings. The molecule has 0 heterocycles. The number of carbonyl (C=O) groups is 2. The van der Waals surface area contributed by atoms with Crippen LogP contribution in [0.2, 0.25) is 0 Å².